The molecule has 0 saturated heterocycles. The van der Waals surface area contributed by atoms with Gasteiger partial charge < -0.3 is 19.7 Å². The lowest BCUT2D eigenvalue weighted by Crippen LogP contribution is -2.31. The van der Waals surface area contributed by atoms with E-state index in [-0.39, 0.29) is 6.61 Å². The summed E-state index contributed by atoms with van der Waals surface area (Å²) in [6, 6.07) is 6.06. The summed E-state index contributed by atoms with van der Waals surface area (Å²) in [4.78, 5) is 4.22. The van der Waals surface area contributed by atoms with Gasteiger partial charge in [0.25, 0.3) is 0 Å². The third-order valence-corrected chi connectivity index (χ3v) is 3.36. The molecule has 2 aromatic rings. The van der Waals surface area contributed by atoms with Gasteiger partial charge in [-0.2, -0.15) is 0 Å². The predicted molar refractivity (Wildman–Crippen MR) is 82.3 cm³/mol. The number of hydrogen-bond donors (Lipinski definition) is 2. The highest BCUT2D eigenvalue weighted by Gasteiger charge is 2.07. The lowest BCUT2D eigenvalue weighted by atomic mass is 10.1. The first kappa shape index (κ1) is 15.5. The molecule has 0 bridgehead atoms. The molecule has 0 aliphatic carbocycles. The normalized spacial score (nSPS) is 12.4. The van der Waals surface area contributed by atoms with Gasteiger partial charge in [-0.15, -0.1) is 0 Å². The molecule has 0 fully saturated rings. The van der Waals surface area contributed by atoms with Crippen LogP contribution in [-0.2, 0) is 13.6 Å². The fourth-order valence-corrected chi connectivity index (χ4v) is 2.03. The molecule has 1 atom stereocenters. The average molecular weight is 289 g/mol. The van der Waals surface area contributed by atoms with Crippen LogP contribution in [0.1, 0.15) is 17.0 Å². The second-order valence-electron chi connectivity index (χ2n) is 5.32. The van der Waals surface area contributed by atoms with E-state index in [2.05, 4.69) is 10.3 Å². The van der Waals surface area contributed by atoms with Gasteiger partial charge in [0.05, 0.1) is 6.54 Å². The summed E-state index contributed by atoms with van der Waals surface area (Å²) >= 11 is 0. The minimum atomic E-state index is -0.551. The predicted octanol–water partition coefficient (Wildman–Crippen LogP) is 1.57. The highest BCUT2D eigenvalue weighted by molar-refractivity contribution is 5.35. The topological polar surface area (TPSA) is 59.3 Å². The molecular formula is C16H23N3O2. The number of aliphatic hydroxyl groups is 1. The fraction of sp³-hybridized carbons (Fsp3) is 0.438. The molecule has 0 aliphatic heterocycles. The molecule has 1 heterocycles. The second kappa shape index (κ2) is 7.24. The fourth-order valence-electron chi connectivity index (χ4n) is 2.03. The molecule has 0 amide bonds. The Morgan fingerprint density at radius 2 is 2.19 bits per heavy atom. The lowest BCUT2D eigenvalue weighted by Gasteiger charge is -2.15. The summed E-state index contributed by atoms with van der Waals surface area (Å²) in [5, 5.41) is 13.1. The van der Waals surface area contributed by atoms with Crippen molar-refractivity contribution >= 4 is 0 Å². The van der Waals surface area contributed by atoms with Crippen LogP contribution >= 0.6 is 0 Å². The minimum Gasteiger partial charge on any atom is -0.491 e. The largest absolute Gasteiger partial charge is 0.491 e. The van der Waals surface area contributed by atoms with E-state index in [0.29, 0.717) is 13.1 Å². The van der Waals surface area contributed by atoms with Crippen molar-refractivity contribution in [3.8, 4) is 5.75 Å². The highest BCUT2D eigenvalue weighted by atomic mass is 16.5. The molecule has 1 unspecified atom stereocenters. The standard InChI is InChI=1S/C16H23N3O2/c1-12-4-5-13(2)15(8-12)21-11-14(20)9-17-10-16-18-6-7-19(16)3/h4-8,14,17,20H,9-11H2,1-3H3. The maximum Gasteiger partial charge on any atom is 0.122 e. The number of aromatic nitrogens is 2. The SMILES string of the molecule is Cc1ccc(C)c(OCC(O)CNCc2nccn2C)c1. The molecule has 0 radical (unpaired) electrons. The van der Waals surface area contributed by atoms with Crippen molar-refractivity contribution in [3.63, 3.8) is 0 Å². The number of imidazole rings is 1. The molecule has 5 nitrogen and oxygen atoms in total. The Morgan fingerprint density at radius 1 is 1.38 bits per heavy atom. The molecule has 1 aromatic carbocycles. The monoisotopic (exact) mass is 289 g/mol. The third kappa shape index (κ3) is 4.58. The van der Waals surface area contributed by atoms with Crippen molar-refractivity contribution in [2.24, 2.45) is 7.05 Å². The van der Waals surface area contributed by atoms with Gasteiger partial charge in [0.1, 0.15) is 24.3 Å². The van der Waals surface area contributed by atoms with E-state index < -0.39 is 6.10 Å². The van der Waals surface area contributed by atoms with E-state index in [1.807, 2.05) is 49.9 Å². The first-order chi connectivity index (χ1) is 10.1. The van der Waals surface area contributed by atoms with E-state index in [4.69, 9.17) is 4.74 Å². The Morgan fingerprint density at radius 3 is 2.90 bits per heavy atom. The van der Waals surface area contributed by atoms with Crippen LogP contribution < -0.4 is 10.1 Å². The Kier molecular flexibility index (Phi) is 5.36. The third-order valence-electron chi connectivity index (χ3n) is 3.36. The van der Waals surface area contributed by atoms with E-state index in [1.54, 1.807) is 6.20 Å². The van der Waals surface area contributed by atoms with E-state index in [0.717, 1.165) is 22.7 Å². The first-order valence-corrected chi connectivity index (χ1v) is 7.11. The number of aryl methyl sites for hydroxylation is 3. The van der Waals surface area contributed by atoms with E-state index in [1.165, 1.54) is 0 Å². The molecule has 1 aromatic heterocycles. The van der Waals surface area contributed by atoms with Crippen molar-refractivity contribution in [2.75, 3.05) is 13.2 Å². The lowest BCUT2D eigenvalue weighted by molar-refractivity contribution is 0.105. The minimum absolute atomic E-state index is 0.276. The number of benzene rings is 1. The van der Waals surface area contributed by atoms with Crippen molar-refractivity contribution in [1.82, 2.24) is 14.9 Å². The molecule has 0 aliphatic rings. The van der Waals surface area contributed by atoms with Gasteiger partial charge in [-0.25, -0.2) is 4.98 Å². The number of nitrogens with one attached hydrogen (secondary N) is 1. The van der Waals surface area contributed by atoms with Crippen molar-refractivity contribution in [3.05, 3.63) is 47.5 Å². The summed E-state index contributed by atoms with van der Waals surface area (Å²) in [7, 11) is 1.95. The zero-order valence-electron chi connectivity index (χ0n) is 12.8. The summed E-state index contributed by atoms with van der Waals surface area (Å²) in [5.41, 5.74) is 2.23. The van der Waals surface area contributed by atoms with Gasteiger partial charge in [0, 0.05) is 26.0 Å². The molecule has 2 rings (SSSR count). The van der Waals surface area contributed by atoms with Crippen LogP contribution in [0.4, 0.5) is 0 Å². The van der Waals surface area contributed by atoms with Crippen molar-refractivity contribution in [1.29, 1.82) is 0 Å². The Labute approximate surface area is 125 Å². The van der Waals surface area contributed by atoms with Gasteiger partial charge in [0.2, 0.25) is 0 Å². The van der Waals surface area contributed by atoms with Gasteiger partial charge >= 0.3 is 0 Å². The van der Waals surface area contributed by atoms with Crippen LogP contribution in [-0.4, -0.2) is 33.9 Å². The summed E-state index contributed by atoms with van der Waals surface area (Å²) < 4.78 is 7.63. The molecule has 2 N–H and O–H groups in total. The van der Waals surface area contributed by atoms with Crippen LogP contribution in [0.5, 0.6) is 5.75 Å². The summed E-state index contributed by atoms with van der Waals surface area (Å²) in [6.07, 6.45) is 3.11. The summed E-state index contributed by atoms with van der Waals surface area (Å²) in [5.74, 6) is 1.77. The van der Waals surface area contributed by atoms with Gasteiger partial charge in [-0.3, -0.25) is 0 Å². The Hall–Kier alpha value is -1.85. The number of ether oxygens (including phenoxy) is 1. The van der Waals surface area contributed by atoms with Crippen LogP contribution in [0, 0.1) is 13.8 Å². The Bertz CT molecular complexity index is 581. The second-order valence-corrected chi connectivity index (χ2v) is 5.32. The molecule has 0 saturated carbocycles. The molecule has 0 spiro atoms. The molecular weight excluding hydrogens is 266 g/mol. The van der Waals surface area contributed by atoms with Gasteiger partial charge in [-0.05, 0) is 31.0 Å². The van der Waals surface area contributed by atoms with Crippen molar-refractivity contribution in [2.45, 2.75) is 26.5 Å². The van der Waals surface area contributed by atoms with E-state index >= 15 is 0 Å². The Balaban J connectivity index is 1.73. The maximum absolute atomic E-state index is 9.95. The summed E-state index contributed by atoms with van der Waals surface area (Å²) in [6.45, 7) is 5.40. The zero-order chi connectivity index (χ0) is 15.2. The quantitative estimate of drug-likeness (QED) is 0.812. The maximum atomic E-state index is 9.95. The number of nitrogens with zero attached hydrogens (tertiary/aromatic N) is 2. The highest BCUT2D eigenvalue weighted by Crippen LogP contribution is 2.19. The van der Waals surface area contributed by atoms with Crippen molar-refractivity contribution < 1.29 is 9.84 Å². The smallest absolute Gasteiger partial charge is 0.122 e. The molecule has 21 heavy (non-hydrogen) atoms. The van der Waals surface area contributed by atoms with Crippen LogP contribution in [0.25, 0.3) is 0 Å². The molecule has 114 valence electrons. The molecule has 5 heteroatoms. The number of hydrogen-bond acceptors (Lipinski definition) is 4. The average Bonchev–Trinajstić information content (AvgIpc) is 2.85. The van der Waals surface area contributed by atoms with Crippen LogP contribution in [0.2, 0.25) is 0 Å². The first-order valence-electron chi connectivity index (χ1n) is 7.11. The number of rotatable bonds is 7. The van der Waals surface area contributed by atoms with Gasteiger partial charge in [0.15, 0.2) is 0 Å². The number of aliphatic hydroxyl groups excluding tert-OH is 1. The van der Waals surface area contributed by atoms with Crippen LogP contribution in [0.3, 0.4) is 0 Å². The van der Waals surface area contributed by atoms with Gasteiger partial charge in [-0.1, -0.05) is 12.1 Å². The van der Waals surface area contributed by atoms with Crippen LogP contribution in [0.15, 0.2) is 30.6 Å². The van der Waals surface area contributed by atoms with E-state index in [9.17, 15) is 5.11 Å². The zero-order valence-corrected chi connectivity index (χ0v) is 12.8.